The first kappa shape index (κ1) is 21.2. The smallest absolute Gasteiger partial charge is 0.356 e. The van der Waals surface area contributed by atoms with E-state index in [-0.39, 0.29) is 36.0 Å². The molecule has 130 valence electrons. The predicted molar refractivity (Wildman–Crippen MR) is 90.2 cm³/mol. The highest BCUT2D eigenvalue weighted by molar-refractivity contribution is 7.97. The number of carbonyl (C=O) groups excluding carboxylic acids is 2. The lowest BCUT2D eigenvalue weighted by atomic mass is 10.4. The van der Waals surface area contributed by atoms with E-state index in [1.54, 1.807) is 0 Å². The first-order valence-electron chi connectivity index (χ1n) is 8.10. The van der Waals surface area contributed by atoms with Crippen LogP contribution in [0.5, 0.6) is 0 Å². The molecule has 0 aromatic rings. The Balaban J connectivity index is 3.68. The van der Waals surface area contributed by atoms with Crippen molar-refractivity contribution in [2.24, 2.45) is 0 Å². The molecule has 0 heterocycles. The Hall–Kier alpha value is -0.750. The van der Waals surface area contributed by atoms with Crippen LogP contribution in [0.2, 0.25) is 0 Å². The number of unbranched alkanes of at least 4 members (excludes halogenated alkanes) is 2. The lowest BCUT2D eigenvalue weighted by Crippen LogP contribution is -2.25. The molecule has 0 N–H and O–H groups in total. The molecule has 0 fully saturated rings. The molecule has 5 nitrogen and oxygen atoms in total. The summed E-state index contributed by atoms with van der Waals surface area (Å²) in [4.78, 5) is 22.3. The molecule has 0 aliphatic carbocycles. The van der Waals surface area contributed by atoms with E-state index in [1.165, 1.54) is 32.6 Å². The highest BCUT2D eigenvalue weighted by Crippen LogP contribution is 2.06. The van der Waals surface area contributed by atoms with Crippen LogP contribution in [0.1, 0.15) is 46.5 Å². The van der Waals surface area contributed by atoms with Gasteiger partial charge < -0.3 is 14.2 Å². The molecular formula is C16H31O5S+. The zero-order chi connectivity index (χ0) is 16.6. The average molecular weight is 335 g/mol. The van der Waals surface area contributed by atoms with Gasteiger partial charge >= 0.3 is 11.9 Å². The van der Waals surface area contributed by atoms with Crippen molar-refractivity contribution in [2.75, 3.05) is 43.7 Å². The maximum atomic E-state index is 11.8. The lowest BCUT2D eigenvalue weighted by molar-refractivity contribution is -0.143. The van der Waals surface area contributed by atoms with Crippen LogP contribution in [0.25, 0.3) is 0 Å². The Morgan fingerprint density at radius 3 is 1.91 bits per heavy atom. The van der Waals surface area contributed by atoms with E-state index in [0.29, 0.717) is 19.0 Å². The van der Waals surface area contributed by atoms with Crippen LogP contribution < -0.4 is 0 Å². The fourth-order valence-corrected chi connectivity index (χ4v) is 4.02. The van der Waals surface area contributed by atoms with Crippen molar-refractivity contribution in [1.29, 1.82) is 0 Å². The molecule has 0 saturated heterocycles. The van der Waals surface area contributed by atoms with Crippen molar-refractivity contribution in [2.45, 2.75) is 46.5 Å². The van der Waals surface area contributed by atoms with Crippen LogP contribution in [0.4, 0.5) is 0 Å². The molecule has 0 bridgehead atoms. The molecule has 22 heavy (non-hydrogen) atoms. The normalized spacial score (nSPS) is 10.7. The van der Waals surface area contributed by atoms with E-state index < -0.39 is 0 Å². The molecule has 0 aromatic carbocycles. The SMILES string of the molecule is CCCC[S+](CCCC)CC(=O)OCCOCCOC(C)=O. The third-order valence-corrected chi connectivity index (χ3v) is 5.29. The first-order valence-corrected chi connectivity index (χ1v) is 9.84. The van der Waals surface area contributed by atoms with Crippen molar-refractivity contribution in [3.8, 4) is 0 Å². The van der Waals surface area contributed by atoms with E-state index in [1.807, 2.05) is 0 Å². The van der Waals surface area contributed by atoms with Gasteiger partial charge in [-0.2, -0.15) is 0 Å². The molecule has 0 rings (SSSR count). The molecule has 0 saturated carbocycles. The Morgan fingerprint density at radius 2 is 1.41 bits per heavy atom. The summed E-state index contributed by atoms with van der Waals surface area (Å²) in [5.74, 6) is 2.35. The third kappa shape index (κ3) is 14.2. The standard InChI is InChI=1S/C16H31O5S/c1-4-6-12-22(13-7-5-2)14-16(18)21-11-9-19-8-10-20-15(3)17/h4-14H2,1-3H3/q+1. The molecule has 0 radical (unpaired) electrons. The van der Waals surface area contributed by atoms with Crippen molar-refractivity contribution in [3.63, 3.8) is 0 Å². The number of hydrogen-bond donors (Lipinski definition) is 0. The molecule has 0 aromatic heterocycles. The maximum Gasteiger partial charge on any atom is 0.356 e. The first-order chi connectivity index (χ1) is 10.6. The van der Waals surface area contributed by atoms with Gasteiger partial charge in [0.1, 0.15) is 24.7 Å². The summed E-state index contributed by atoms with van der Waals surface area (Å²) in [5, 5.41) is 0. The van der Waals surface area contributed by atoms with E-state index in [4.69, 9.17) is 14.2 Å². The summed E-state index contributed by atoms with van der Waals surface area (Å²) in [6, 6.07) is 0. The van der Waals surface area contributed by atoms with Gasteiger partial charge in [-0.1, -0.05) is 26.7 Å². The van der Waals surface area contributed by atoms with Crippen molar-refractivity contribution in [3.05, 3.63) is 0 Å². The van der Waals surface area contributed by atoms with E-state index in [9.17, 15) is 9.59 Å². The van der Waals surface area contributed by atoms with Gasteiger partial charge in [0.15, 0.2) is 0 Å². The summed E-state index contributed by atoms with van der Waals surface area (Å²) in [6.07, 6.45) is 4.69. The van der Waals surface area contributed by atoms with Gasteiger partial charge in [0, 0.05) is 6.92 Å². The number of rotatable bonds is 14. The number of hydrogen-bond acceptors (Lipinski definition) is 5. The van der Waals surface area contributed by atoms with Crippen LogP contribution in [-0.4, -0.2) is 55.6 Å². The minimum absolute atomic E-state index is 0.126. The Bertz CT molecular complexity index is 288. The van der Waals surface area contributed by atoms with Gasteiger partial charge in [0.25, 0.3) is 0 Å². The van der Waals surface area contributed by atoms with Crippen LogP contribution in [-0.2, 0) is 34.7 Å². The largest absolute Gasteiger partial charge is 0.463 e. The lowest BCUT2D eigenvalue weighted by Gasteiger charge is -2.09. The van der Waals surface area contributed by atoms with E-state index in [0.717, 1.165) is 11.5 Å². The van der Waals surface area contributed by atoms with Gasteiger partial charge in [-0.3, -0.25) is 4.79 Å². The second-order valence-corrected chi connectivity index (χ2v) is 7.37. The molecule has 0 unspecified atom stereocenters. The van der Waals surface area contributed by atoms with E-state index >= 15 is 0 Å². The Morgan fingerprint density at radius 1 is 0.864 bits per heavy atom. The number of esters is 2. The molecule has 6 heteroatoms. The summed E-state index contributed by atoms with van der Waals surface area (Å²) in [7, 11) is 0.157. The fraction of sp³-hybridized carbons (Fsp3) is 0.875. The van der Waals surface area contributed by atoms with Crippen LogP contribution in [0.3, 0.4) is 0 Å². The minimum atomic E-state index is -0.318. The van der Waals surface area contributed by atoms with Crippen molar-refractivity contribution in [1.82, 2.24) is 0 Å². The zero-order valence-electron chi connectivity index (χ0n) is 14.2. The summed E-state index contributed by atoms with van der Waals surface area (Å²) in [6.45, 7) is 6.87. The summed E-state index contributed by atoms with van der Waals surface area (Å²) >= 11 is 0. The highest BCUT2D eigenvalue weighted by Gasteiger charge is 2.22. The summed E-state index contributed by atoms with van der Waals surface area (Å²) in [5.41, 5.74) is 0. The Labute approximate surface area is 137 Å². The van der Waals surface area contributed by atoms with Gasteiger partial charge in [0.05, 0.1) is 13.2 Å². The molecule has 0 aliphatic rings. The second-order valence-electron chi connectivity index (χ2n) is 5.04. The monoisotopic (exact) mass is 335 g/mol. The van der Waals surface area contributed by atoms with Crippen LogP contribution in [0, 0.1) is 0 Å². The van der Waals surface area contributed by atoms with Gasteiger partial charge in [-0.05, 0) is 23.7 Å². The van der Waals surface area contributed by atoms with Gasteiger partial charge in [0.2, 0.25) is 5.75 Å². The quantitative estimate of drug-likeness (QED) is 0.277. The topological polar surface area (TPSA) is 61.8 Å². The number of carbonyl (C=O) groups is 2. The fourth-order valence-electron chi connectivity index (χ4n) is 1.71. The molecule has 0 aliphatic heterocycles. The van der Waals surface area contributed by atoms with Crippen LogP contribution >= 0.6 is 0 Å². The predicted octanol–water partition coefficient (Wildman–Crippen LogP) is 2.33. The second kappa shape index (κ2) is 15.2. The molecule has 0 spiro atoms. The average Bonchev–Trinajstić information content (AvgIpc) is 2.48. The third-order valence-electron chi connectivity index (χ3n) is 2.92. The van der Waals surface area contributed by atoms with Crippen molar-refractivity contribution >= 4 is 22.8 Å². The van der Waals surface area contributed by atoms with Crippen LogP contribution in [0.15, 0.2) is 0 Å². The van der Waals surface area contributed by atoms with E-state index in [2.05, 4.69) is 13.8 Å². The van der Waals surface area contributed by atoms with Crippen molar-refractivity contribution < 1.29 is 23.8 Å². The highest BCUT2D eigenvalue weighted by atomic mass is 32.2. The van der Waals surface area contributed by atoms with Gasteiger partial charge in [-0.15, -0.1) is 0 Å². The minimum Gasteiger partial charge on any atom is -0.463 e. The molecule has 0 amide bonds. The number of ether oxygens (including phenoxy) is 3. The van der Waals surface area contributed by atoms with Gasteiger partial charge in [-0.25, -0.2) is 4.79 Å². The summed E-state index contributed by atoms with van der Waals surface area (Å²) < 4.78 is 15.1. The Kier molecular flexibility index (Phi) is 14.6. The molecule has 0 atom stereocenters. The molecular weight excluding hydrogens is 304 g/mol. The zero-order valence-corrected chi connectivity index (χ0v) is 15.0. The maximum absolute atomic E-state index is 11.8.